The zero-order valence-electron chi connectivity index (χ0n) is 13.0. The van der Waals surface area contributed by atoms with Crippen molar-refractivity contribution in [2.45, 2.75) is 82.4 Å². The van der Waals surface area contributed by atoms with Gasteiger partial charge in [-0.15, -0.1) is 11.3 Å². The van der Waals surface area contributed by atoms with E-state index in [-0.39, 0.29) is 5.54 Å². The third kappa shape index (κ3) is 2.78. The fraction of sp³-hybridized carbons (Fsp3) is 0.824. The maximum atomic E-state index is 6.01. The highest BCUT2D eigenvalue weighted by Crippen LogP contribution is 2.42. The van der Waals surface area contributed by atoms with Gasteiger partial charge in [0.2, 0.25) is 0 Å². The van der Waals surface area contributed by atoms with E-state index in [1.54, 1.807) is 4.88 Å². The minimum Gasteiger partial charge on any atom is -0.378 e. The summed E-state index contributed by atoms with van der Waals surface area (Å²) in [6.45, 7) is 3.14. The first-order chi connectivity index (χ1) is 10.3. The summed E-state index contributed by atoms with van der Waals surface area (Å²) in [6.07, 6.45) is 11.4. The lowest BCUT2D eigenvalue weighted by Crippen LogP contribution is -2.50. The third-order valence-electron chi connectivity index (χ3n) is 5.13. The molecule has 4 rings (SSSR count). The molecule has 0 aromatic carbocycles. The molecule has 1 aliphatic heterocycles. The molecular weight excluding hydrogens is 280 g/mol. The SMILES string of the molecule is CCCC1CC(NC2CC2)(c2nc3c(s2)CCC3)CCO1. The van der Waals surface area contributed by atoms with Gasteiger partial charge in [-0.3, -0.25) is 0 Å². The molecular formula is C17H26N2OS. The number of aryl methyl sites for hydroxylation is 2. The van der Waals surface area contributed by atoms with Gasteiger partial charge < -0.3 is 10.1 Å². The van der Waals surface area contributed by atoms with Gasteiger partial charge in [0.15, 0.2) is 0 Å². The van der Waals surface area contributed by atoms with E-state index in [0.29, 0.717) is 6.10 Å². The van der Waals surface area contributed by atoms with Crippen LogP contribution in [-0.4, -0.2) is 23.7 Å². The van der Waals surface area contributed by atoms with Crippen molar-refractivity contribution in [3.8, 4) is 0 Å². The molecule has 3 aliphatic rings. The zero-order valence-corrected chi connectivity index (χ0v) is 13.8. The summed E-state index contributed by atoms with van der Waals surface area (Å²) < 4.78 is 6.01. The molecule has 0 radical (unpaired) electrons. The van der Waals surface area contributed by atoms with Crippen molar-refractivity contribution < 1.29 is 4.74 Å². The van der Waals surface area contributed by atoms with Crippen molar-refractivity contribution in [1.82, 2.24) is 10.3 Å². The van der Waals surface area contributed by atoms with Gasteiger partial charge >= 0.3 is 0 Å². The van der Waals surface area contributed by atoms with E-state index in [2.05, 4.69) is 12.2 Å². The Morgan fingerprint density at radius 2 is 2.29 bits per heavy atom. The van der Waals surface area contributed by atoms with E-state index in [9.17, 15) is 0 Å². The molecule has 0 spiro atoms. The predicted molar refractivity (Wildman–Crippen MR) is 85.9 cm³/mol. The highest BCUT2D eigenvalue weighted by molar-refractivity contribution is 7.12. The fourth-order valence-corrected chi connectivity index (χ4v) is 5.20. The quantitative estimate of drug-likeness (QED) is 0.903. The Bertz CT molecular complexity index is 487. The number of hydrogen-bond donors (Lipinski definition) is 1. The smallest absolute Gasteiger partial charge is 0.113 e. The lowest BCUT2D eigenvalue weighted by Gasteiger charge is -2.40. The molecule has 1 saturated carbocycles. The molecule has 0 bridgehead atoms. The Hall–Kier alpha value is -0.450. The van der Waals surface area contributed by atoms with Crippen LogP contribution < -0.4 is 5.32 Å². The second-order valence-electron chi connectivity index (χ2n) is 6.98. The summed E-state index contributed by atoms with van der Waals surface area (Å²) in [6, 6.07) is 0.726. The van der Waals surface area contributed by atoms with Crippen molar-refractivity contribution in [1.29, 1.82) is 0 Å². The average Bonchev–Trinajstić information content (AvgIpc) is 3.00. The number of nitrogens with one attached hydrogen (secondary N) is 1. The molecule has 1 saturated heterocycles. The van der Waals surface area contributed by atoms with Crippen molar-refractivity contribution in [2.24, 2.45) is 0 Å². The van der Waals surface area contributed by atoms with Gasteiger partial charge in [0.05, 0.1) is 17.3 Å². The van der Waals surface area contributed by atoms with Gasteiger partial charge in [-0.05, 0) is 51.4 Å². The number of fused-ring (bicyclic) bond motifs is 1. The second-order valence-corrected chi connectivity index (χ2v) is 8.06. The van der Waals surface area contributed by atoms with Crippen molar-refractivity contribution in [3.05, 3.63) is 15.6 Å². The van der Waals surface area contributed by atoms with Gasteiger partial charge in [-0.25, -0.2) is 4.98 Å². The molecule has 116 valence electrons. The molecule has 1 aromatic heterocycles. The van der Waals surface area contributed by atoms with Gasteiger partial charge in [-0.2, -0.15) is 0 Å². The largest absolute Gasteiger partial charge is 0.378 e. The first-order valence-electron chi connectivity index (χ1n) is 8.67. The summed E-state index contributed by atoms with van der Waals surface area (Å²) in [7, 11) is 0. The number of ether oxygens (including phenoxy) is 1. The highest BCUT2D eigenvalue weighted by Gasteiger charge is 2.44. The standard InChI is InChI=1S/C17H26N2OS/c1-2-4-13-11-17(9-10-20-13,19-12-7-8-12)16-18-14-5-3-6-15(14)21-16/h12-13,19H,2-11H2,1H3. The fourth-order valence-electron chi connectivity index (χ4n) is 3.86. The van der Waals surface area contributed by atoms with E-state index in [1.165, 1.54) is 55.6 Å². The van der Waals surface area contributed by atoms with E-state index < -0.39 is 0 Å². The summed E-state index contributed by atoms with van der Waals surface area (Å²) in [5, 5.41) is 5.33. The van der Waals surface area contributed by atoms with E-state index in [0.717, 1.165) is 25.5 Å². The highest BCUT2D eigenvalue weighted by atomic mass is 32.1. The number of hydrogen-bond acceptors (Lipinski definition) is 4. The third-order valence-corrected chi connectivity index (χ3v) is 6.49. The van der Waals surface area contributed by atoms with Crippen LogP contribution >= 0.6 is 11.3 Å². The molecule has 2 heterocycles. The molecule has 2 atom stereocenters. The molecule has 2 fully saturated rings. The Kier molecular flexibility index (Phi) is 3.80. The molecule has 2 unspecified atom stereocenters. The molecule has 3 nitrogen and oxygen atoms in total. The molecule has 2 aliphatic carbocycles. The summed E-state index contributed by atoms with van der Waals surface area (Å²) in [5.41, 5.74) is 1.50. The van der Waals surface area contributed by atoms with E-state index in [4.69, 9.17) is 9.72 Å². The maximum absolute atomic E-state index is 6.01. The summed E-state index contributed by atoms with van der Waals surface area (Å²) >= 11 is 1.99. The molecule has 1 N–H and O–H groups in total. The average molecular weight is 306 g/mol. The number of aromatic nitrogens is 1. The number of nitrogens with zero attached hydrogens (tertiary/aromatic N) is 1. The Labute approximate surface area is 131 Å². The van der Waals surface area contributed by atoms with Crippen molar-refractivity contribution in [2.75, 3.05) is 6.61 Å². The second kappa shape index (κ2) is 5.64. The Balaban J connectivity index is 1.62. The zero-order chi connectivity index (χ0) is 14.3. The minimum absolute atomic E-state index is 0.105. The normalized spacial score (nSPS) is 32.3. The van der Waals surface area contributed by atoms with Gasteiger partial charge in [0.1, 0.15) is 5.01 Å². The van der Waals surface area contributed by atoms with Crippen LogP contribution in [0.4, 0.5) is 0 Å². The lowest BCUT2D eigenvalue weighted by molar-refractivity contribution is -0.0356. The molecule has 21 heavy (non-hydrogen) atoms. The van der Waals surface area contributed by atoms with Crippen LogP contribution in [0.25, 0.3) is 0 Å². The summed E-state index contributed by atoms with van der Waals surface area (Å²) in [4.78, 5) is 6.62. The predicted octanol–water partition coefficient (Wildman–Crippen LogP) is 3.56. The first-order valence-corrected chi connectivity index (χ1v) is 9.49. The maximum Gasteiger partial charge on any atom is 0.113 e. The number of thiazole rings is 1. The Morgan fingerprint density at radius 1 is 1.38 bits per heavy atom. The monoisotopic (exact) mass is 306 g/mol. The topological polar surface area (TPSA) is 34.2 Å². The van der Waals surface area contributed by atoms with Gasteiger partial charge in [-0.1, -0.05) is 13.3 Å². The van der Waals surface area contributed by atoms with Crippen LogP contribution in [0.5, 0.6) is 0 Å². The molecule has 0 amide bonds. The first kappa shape index (κ1) is 14.2. The number of rotatable bonds is 5. The van der Waals surface area contributed by atoms with Crippen LogP contribution in [0.2, 0.25) is 0 Å². The van der Waals surface area contributed by atoms with Crippen LogP contribution in [0, 0.1) is 0 Å². The van der Waals surface area contributed by atoms with Crippen LogP contribution in [0.3, 0.4) is 0 Å². The van der Waals surface area contributed by atoms with Gasteiger partial charge in [0.25, 0.3) is 0 Å². The van der Waals surface area contributed by atoms with Crippen molar-refractivity contribution in [3.63, 3.8) is 0 Å². The van der Waals surface area contributed by atoms with Gasteiger partial charge in [0, 0.05) is 17.5 Å². The molecule has 1 aromatic rings. The summed E-state index contributed by atoms with van der Waals surface area (Å²) in [5.74, 6) is 0. The Morgan fingerprint density at radius 3 is 3.05 bits per heavy atom. The van der Waals surface area contributed by atoms with Crippen molar-refractivity contribution >= 4 is 11.3 Å². The lowest BCUT2D eigenvalue weighted by atomic mass is 9.85. The van der Waals surface area contributed by atoms with E-state index in [1.807, 2.05) is 11.3 Å². The molecule has 4 heteroatoms. The minimum atomic E-state index is 0.105. The van der Waals surface area contributed by atoms with Crippen LogP contribution in [0.1, 0.15) is 67.4 Å². The van der Waals surface area contributed by atoms with Crippen LogP contribution in [-0.2, 0) is 23.1 Å². The van der Waals surface area contributed by atoms with Crippen LogP contribution in [0.15, 0.2) is 0 Å². The van der Waals surface area contributed by atoms with E-state index >= 15 is 0 Å².